The number of imidazole rings is 1. The highest BCUT2D eigenvalue weighted by Gasteiger charge is 1.88. The minimum absolute atomic E-state index is 0.573. The number of aromatic nitrogens is 2. The number of hydrogen-bond donors (Lipinski definition) is 1. The van der Waals surface area contributed by atoms with Gasteiger partial charge in [-0.3, -0.25) is 0 Å². The molecule has 1 heterocycles. The fraction of sp³-hybridized carbons (Fsp3) is 0.500. The summed E-state index contributed by atoms with van der Waals surface area (Å²) in [7, 11) is 0. The predicted octanol–water partition coefficient (Wildman–Crippen LogP) is 0.386. The highest BCUT2D eigenvalue weighted by Crippen LogP contribution is 1.83. The van der Waals surface area contributed by atoms with E-state index in [4.69, 9.17) is 5.26 Å². The molecular formula is C8H12N4. The van der Waals surface area contributed by atoms with Crippen molar-refractivity contribution >= 4 is 0 Å². The number of nitrogens with one attached hydrogen (secondary N) is 1. The van der Waals surface area contributed by atoms with Crippen molar-refractivity contribution in [3.8, 4) is 6.07 Å². The molecule has 0 bridgehead atoms. The second-order valence-corrected chi connectivity index (χ2v) is 2.46. The van der Waals surface area contributed by atoms with Crippen LogP contribution in [0, 0.1) is 11.3 Å². The fourth-order valence-corrected chi connectivity index (χ4v) is 0.896. The molecule has 1 aromatic heterocycles. The molecule has 0 aliphatic rings. The minimum Gasteiger partial charge on any atom is -0.336 e. The van der Waals surface area contributed by atoms with Gasteiger partial charge in [0.2, 0.25) is 0 Å². The van der Waals surface area contributed by atoms with Gasteiger partial charge in [0.25, 0.3) is 0 Å². The van der Waals surface area contributed by atoms with Crippen LogP contribution in [0.4, 0.5) is 0 Å². The molecule has 0 atom stereocenters. The summed E-state index contributed by atoms with van der Waals surface area (Å²) in [6.07, 6.45) is 6.04. The normalized spacial score (nSPS) is 9.58. The van der Waals surface area contributed by atoms with Crippen LogP contribution < -0.4 is 5.32 Å². The topological polar surface area (TPSA) is 53.6 Å². The first kappa shape index (κ1) is 8.75. The van der Waals surface area contributed by atoms with E-state index in [2.05, 4.69) is 16.4 Å². The van der Waals surface area contributed by atoms with Crippen LogP contribution in [0.15, 0.2) is 18.7 Å². The van der Waals surface area contributed by atoms with E-state index in [9.17, 15) is 0 Å². The van der Waals surface area contributed by atoms with Gasteiger partial charge in [0, 0.05) is 38.4 Å². The molecule has 4 nitrogen and oxygen atoms in total. The maximum absolute atomic E-state index is 8.24. The first-order valence-electron chi connectivity index (χ1n) is 3.97. The van der Waals surface area contributed by atoms with Crippen LogP contribution in [-0.4, -0.2) is 22.6 Å². The third-order valence-electron chi connectivity index (χ3n) is 1.52. The van der Waals surface area contributed by atoms with Gasteiger partial charge in [-0.1, -0.05) is 0 Å². The Bertz CT molecular complexity index is 234. The molecule has 1 aromatic rings. The van der Waals surface area contributed by atoms with E-state index >= 15 is 0 Å². The van der Waals surface area contributed by atoms with Crippen molar-refractivity contribution in [1.82, 2.24) is 14.9 Å². The van der Waals surface area contributed by atoms with Crippen LogP contribution in [-0.2, 0) is 6.54 Å². The Morgan fingerprint density at radius 3 is 3.08 bits per heavy atom. The van der Waals surface area contributed by atoms with Crippen molar-refractivity contribution in [3.05, 3.63) is 18.7 Å². The van der Waals surface area contributed by atoms with Gasteiger partial charge in [0.1, 0.15) is 0 Å². The Balaban J connectivity index is 2.01. The summed E-state index contributed by atoms with van der Waals surface area (Å²) in [6.45, 7) is 2.56. The highest BCUT2D eigenvalue weighted by molar-refractivity contribution is 4.74. The van der Waals surface area contributed by atoms with Gasteiger partial charge in [-0.05, 0) is 0 Å². The van der Waals surface area contributed by atoms with E-state index in [0.29, 0.717) is 6.42 Å². The van der Waals surface area contributed by atoms with Crippen LogP contribution in [0.5, 0.6) is 0 Å². The summed E-state index contributed by atoms with van der Waals surface area (Å²) in [5, 5.41) is 11.4. The van der Waals surface area contributed by atoms with Crippen molar-refractivity contribution in [1.29, 1.82) is 5.26 Å². The zero-order chi connectivity index (χ0) is 8.65. The SMILES string of the molecule is N#CCCNCCn1ccnc1. The van der Waals surface area contributed by atoms with E-state index in [1.807, 2.05) is 10.8 Å². The van der Waals surface area contributed by atoms with E-state index < -0.39 is 0 Å². The second-order valence-electron chi connectivity index (χ2n) is 2.46. The molecule has 4 heteroatoms. The molecule has 0 aliphatic heterocycles. The lowest BCUT2D eigenvalue weighted by Gasteiger charge is -2.01. The van der Waals surface area contributed by atoms with Crippen molar-refractivity contribution in [2.45, 2.75) is 13.0 Å². The molecule has 1 N–H and O–H groups in total. The Morgan fingerprint density at radius 2 is 2.42 bits per heavy atom. The molecule has 0 spiro atoms. The largest absolute Gasteiger partial charge is 0.336 e. The van der Waals surface area contributed by atoms with Gasteiger partial charge in [-0.15, -0.1) is 0 Å². The van der Waals surface area contributed by atoms with Gasteiger partial charge in [0.15, 0.2) is 0 Å². The van der Waals surface area contributed by atoms with Crippen molar-refractivity contribution in [2.24, 2.45) is 0 Å². The highest BCUT2D eigenvalue weighted by atomic mass is 15.0. The molecule has 0 radical (unpaired) electrons. The molecular weight excluding hydrogens is 152 g/mol. The standard InChI is InChI=1S/C8H12N4/c9-2-1-3-10-4-6-12-7-5-11-8-12/h5,7-8,10H,1,3-4,6H2. The van der Waals surface area contributed by atoms with Crippen LogP contribution in [0.3, 0.4) is 0 Å². The third-order valence-corrected chi connectivity index (χ3v) is 1.52. The number of nitrogens with zero attached hydrogens (tertiary/aromatic N) is 3. The van der Waals surface area contributed by atoms with Crippen LogP contribution in [0.25, 0.3) is 0 Å². The Hall–Kier alpha value is -1.34. The number of hydrogen-bond acceptors (Lipinski definition) is 3. The monoisotopic (exact) mass is 164 g/mol. The summed E-state index contributed by atoms with van der Waals surface area (Å²) < 4.78 is 2.00. The van der Waals surface area contributed by atoms with E-state index in [1.165, 1.54) is 0 Å². The zero-order valence-electron chi connectivity index (χ0n) is 6.90. The lowest BCUT2D eigenvalue weighted by molar-refractivity contribution is 0.603. The quantitative estimate of drug-likeness (QED) is 0.640. The number of rotatable bonds is 5. The van der Waals surface area contributed by atoms with Gasteiger partial charge in [-0.25, -0.2) is 4.98 Å². The van der Waals surface area contributed by atoms with Crippen molar-refractivity contribution in [3.63, 3.8) is 0 Å². The molecule has 0 aromatic carbocycles. The van der Waals surface area contributed by atoms with Crippen LogP contribution in [0.1, 0.15) is 6.42 Å². The second kappa shape index (κ2) is 5.33. The van der Waals surface area contributed by atoms with Crippen molar-refractivity contribution < 1.29 is 0 Å². The van der Waals surface area contributed by atoms with Gasteiger partial charge >= 0.3 is 0 Å². The van der Waals surface area contributed by atoms with Crippen molar-refractivity contribution in [2.75, 3.05) is 13.1 Å². The van der Waals surface area contributed by atoms with E-state index in [1.54, 1.807) is 12.5 Å². The van der Waals surface area contributed by atoms with Gasteiger partial charge in [-0.2, -0.15) is 5.26 Å². The Kier molecular flexibility index (Phi) is 3.89. The maximum atomic E-state index is 8.24. The summed E-state index contributed by atoms with van der Waals surface area (Å²) in [6, 6.07) is 2.08. The summed E-state index contributed by atoms with van der Waals surface area (Å²) in [5.41, 5.74) is 0. The zero-order valence-corrected chi connectivity index (χ0v) is 6.90. The Labute approximate surface area is 71.8 Å². The molecule has 0 saturated carbocycles. The molecule has 0 saturated heterocycles. The molecule has 1 rings (SSSR count). The molecule has 0 unspecified atom stereocenters. The van der Waals surface area contributed by atoms with Gasteiger partial charge < -0.3 is 9.88 Å². The minimum atomic E-state index is 0.573. The Morgan fingerprint density at radius 1 is 1.50 bits per heavy atom. The lowest BCUT2D eigenvalue weighted by atomic mass is 10.4. The molecule has 0 amide bonds. The van der Waals surface area contributed by atoms with Gasteiger partial charge in [0.05, 0.1) is 12.4 Å². The molecule has 12 heavy (non-hydrogen) atoms. The molecule has 64 valence electrons. The summed E-state index contributed by atoms with van der Waals surface area (Å²) >= 11 is 0. The van der Waals surface area contributed by atoms with E-state index in [0.717, 1.165) is 19.6 Å². The maximum Gasteiger partial charge on any atom is 0.0946 e. The number of nitriles is 1. The average molecular weight is 164 g/mol. The lowest BCUT2D eigenvalue weighted by Crippen LogP contribution is -2.20. The predicted molar refractivity (Wildman–Crippen MR) is 45.3 cm³/mol. The smallest absolute Gasteiger partial charge is 0.0946 e. The summed E-state index contributed by atoms with van der Waals surface area (Å²) in [5.74, 6) is 0. The van der Waals surface area contributed by atoms with Crippen LogP contribution >= 0.6 is 0 Å². The average Bonchev–Trinajstić information content (AvgIpc) is 2.57. The summed E-state index contributed by atoms with van der Waals surface area (Å²) in [4.78, 5) is 3.92. The molecule has 0 fully saturated rings. The third kappa shape index (κ3) is 3.17. The molecule has 0 aliphatic carbocycles. The first-order chi connectivity index (χ1) is 5.93. The van der Waals surface area contributed by atoms with Crippen LogP contribution in [0.2, 0.25) is 0 Å². The first-order valence-corrected chi connectivity index (χ1v) is 3.97. The van der Waals surface area contributed by atoms with E-state index in [-0.39, 0.29) is 0 Å². The fourth-order valence-electron chi connectivity index (χ4n) is 0.896.